The van der Waals surface area contributed by atoms with Crippen LogP contribution in [0.1, 0.15) is 47.3 Å². The molecule has 2 saturated carbocycles. The molecule has 0 spiro atoms. The standard InChI is InChI=1S/C28H26F4N4O3/c1-15-22(20(13-14-33-15)28(30,31)32)19-11-12-21(34-25(19)29)35-26(37)24(23(16-7-8-16)17-9-10-17)36-39-27(38)18-5-3-2-4-6-18/h2-6,11-14,16-17,23-24,36H,7-10H2,1H3,(H,34,35,37)/t24-/m0/s1. The molecule has 2 aliphatic rings. The van der Waals surface area contributed by atoms with Crippen LogP contribution in [0, 0.1) is 30.6 Å². The van der Waals surface area contributed by atoms with Crippen LogP contribution in [0.25, 0.3) is 11.1 Å². The number of amides is 1. The molecule has 2 heterocycles. The van der Waals surface area contributed by atoms with Crippen molar-refractivity contribution in [2.75, 3.05) is 5.32 Å². The largest absolute Gasteiger partial charge is 0.417 e. The van der Waals surface area contributed by atoms with Crippen molar-refractivity contribution < 1.29 is 32.0 Å². The second kappa shape index (κ2) is 10.7. The van der Waals surface area contributed by atoms with Crippen LogP contribution in [-0.2, 0) is 15.8 Å². The van der Waals surface area contributed by atoms with E-state index in [9.17, 15) is 22.8 Å². The monoisotopic (exact) mass is 542 g/mol. The molecule has 5 rings (SSSR count). The van der Waals surface area contributed by atoms with E-state index in [1.165, 1.54) is 13.0 Å². The fourth-order valence-corrected chi connectivity index (χ4v) is 4.99. The van der Waals surface area contributed by atoms with Crippen molar-refractivity contribution in [2.45, 2.75) is 44.8 Å². The highest BCUT2D eigenvalue weighted by atomic mass is 19.4. The van der Waals surface area contributed by atoms with Gasteiger partial charge in [0.2, 0.25) is 11.9 Å². The highest BCUT2D eigenvalue weighted by Crippen LogP contribution is 2.51. The fourth-order valence-electron chi connectivity index (χ4n) is 4.99. The topological polar surface area (TPSA) is 93.2 Å². The minimum atomic E-state index is -4.72. The van der Waals surface area contributed by atoms with E-state index in [4.69, 9.17) is 4.84 Å². The molecule has 39 heavy (non-hydrogen) atoms. The lowest BCUT2D eigenvalue weighted by Crippen LogP contribution is -2.48. The van der Waals surface area contributed by atoms with Crippen molar-refractivity contribution in [1.82, 2.24) is 15.4 Å². The summed E-state index contributed by atoms with van der Waals surface area (Å²) in [6.45, 7) is 1.35. The van der Waals surface area contributed by atoms with Crippen LogP contribution in [0.4, 0.5) is 23.4 Å². The summed E-state index contributed by atoms with van der Waals surface area (Å²) in [4.78, 5) is 38.8. The van der Waals surface area contributed by atoms with Crippen molar-refractivity contribution in [3.05, 3.63) is 77.5 Å². The van der Waals surface area contributed by atoms with Crippen molar-refractivity contribution in [1.29, 1.82) is 0 Å². The molecular formula is C28H26F4N4O3. The van der Waals surface area contributed by atoms with E-state index in [-0.39, 0.29) is 34.8 Å². The predicted molar refractivity (Wildman–Crippen MR) is 134 cm³/mol. The molecule has 0 aliphatic heterocycles. The first kappa shape index (κ1) is 26.7. The molecule has 2 N–H and O–H groups in total. The number of hydrogen-bond donors (Lipinski definition) is 2. The number of anilines is 1. The first-order valence-corrected chi connectivity index (χ1v) is 12.7. The van der Waals surface area contributed by atoms with Gasteiger partial charge in [0.05, 0.1) is 11.1 Å². The first-order chi connectivity index (χ1) is 18.6. The number of hydrogen-bond acceptors (Lipinski definition) is 6. The van der Waals surface area contributed by atoms with Crippen molar-refractivity contribution in [2.24, 2.45) is 17.8 Å². The number of carbonyl (C=O) groups is 2. The van der Waals surface area contributed by atoms with Gasteiger partial charge < -0.3 is 10.2 Å². The van der Waals surface area contributed by atoms with Gasteiger partial charge in [-0.2, -0.15) is 17.6 Å². The number of aromatic nitrogens is 2. The van der Waals surface area contributed by atoms with Gasteiger partial charge in [-0.25, -0.2) is 9.78 Å². The Morgan fingerprint density at radius 3 is 2.26 bits per heavy atom. The van der Waals surface area contributed by atoms with Crippen LogP contribution in [0.15, 0.2) is 54.7 Å². The molecule has 1 amide bonds. The van der Waals surface area contributed by atoms with Crippen molar-refractivity contribution in [3.8, 4) is 11.1 Å². The number of aryl methyl sites for hydroxylation is 1. The SMILES string of the molecule is Cc1nccc(C(F)(F)F)c1-c1ccc(NC(=O)[C@@H](NOC(=O)c2ccccc2)C(C2CC2)C2CC2)nc1F. The molecular weight excluding hydrogens is 516 g/mol. The summed E-state index contributed by atoms with van der Waals surface area (Å²) in [5.74, 6) is -2.11. The summed E-state index contributed by atoms with van der Waals surface area (Å²) in [6.07, 6.45) is 0.0912. The molecule has 11 heteroatoms. The average Bonchev–Trinajstić information content (AvgIpc) is 3.82. The number of benzene rings is 1. The zero-order valence-electron chi connectivity index (χ0n) is 21.0. The van der Waals surface area contributed by atoms with Crippen molar-refractivity contribution >= 4 is 17.7 Å². The molecule has 0 bridgehead atoms. The van der Waals surface area contributed by atoms with Gasteiger partial charge in [-0.3, -0.25) is 9.78 Å². The number of nitrogens with one attached hydrogen (secondary N) is 2. The number of pyridine rings is 2. The molecule has 1 aromatic carbocycles. The predicted octanol–water partition coefficient (Wildman–Crippen LogP) is 5.71. The van der Waals surface area contributed by atoms with Gasteiger partial charge in [0.15, 0.2) is 0 Å². The van der Waals surface area contributed by atoms with E-state index in [2.05, 4.69) is 20.8 Å². The van der Waals surface area contributed by atoms with E-state index < -0.39 is 41.2 Å². The van der Waals surface area contributed by atoms with Crippen LogP contribution in [0.2, 0.25) is 0 Å². The Hall–Kier alpha value is -3.86. The highest BCUT2D eigenvalue weighted by molar-refractivity contribution is 5.95. The lowest BCUT2D eigenvalue weighted by Gasteiger charge is -2.26. The molecule has 2 fully saturated rings. The molecule has 3 aromatic rings. The second-order valence-electron chi connectivity index (χ2n) is 9.94. The van der Waals surface area contributed by atoms with Crippen LogP contribution in [0.5, 0.6) is 0 Å². The quantitative estimate of drug-likeness (QED) is 0.204. The summed E-state index contributed by atoms with van der Waals surface area (Å²) in [5.41, 5.74) is 1.11. The molecule has 0 radical (unpaired) electrons. The number of alkyl halides is 3. The summed E-state index contributed by atoms with van der Waals surface area (Å²) >= 11 is 0. The molecule has 7 nitrogen and oxygen atoms in total. The Bertz CT molecular complexity index is 1360. The van der Waals surface area contributed by atoms with Crippen molar-refractivity contribution in [3.63, 3.8) is 0 Å². The van der Waals surface area contributed by atoms with E-state index in [0.29, 0.717) is 5.56 Å². The number of carbonyl (C=O) groups excluding carboxylic acids is 2. The van der Waals surface area contributed by atoms with Gasteiger partial charge in [0, 0.05) is 23.0 Å². The third-order valence-electron chi connectivity index (χ3n) is 7.10. The van der Waals surface area contributed by atoms with Gasteiger partial charge in [0.1, 0.15) is 11.9 Å². The minimum Gasteiger partial charge on any atom is -0.366 e. The maximum Gasteiger partial charge on any atom is 0.417 e. The fraction of sp³-hybridized carbons (Fsp3) is 0.357. The van der Waals surface area contributed by atoms with Crippen LogP contribution < -0.4 is 10.8 Å². The third-order valence-corrected chi connectivity index (χ3v) is 7.10. The lowest BCUT2D eigenvalue weighted by molar-refractivity contribution is -0.137. The summed E-state index contributed by atoms with van der Waals surface area (Å²) in [5, 5.41) is 2.55. The molecule has 2 aromatic heterocycles. The summed E-state index contributed by atoms with van der Waals surface area (Å²) in [7, 11) is 0. The van der Waals surface area contributed by atoms with Crippen LogP contribution in [0.3, 0.4) is 0 Å². The molecule has 204 valence electrons. The van der Waals surface area contributed by atoms with Gasteiger partial charge in [-0.15, -0.1) is 5.48 Å². The highest BCUT2D eigenvalue weighted by Gasteiger charge is 2.48. The maximum atomic E-state index is 15.1. The van der Waals surface area contributed by atoms with E-state index in [1.54, 1.807) is 30.3 Å². The van der Waals surface area contributed by atoms with Crippen LogP contribution >= 0.6 is 0 Å². The normalized spacial score (nSPS) is 16.2. The number of nitrogens with zero attached hydrogens (tertiary/aromatic N) is 2. The Morgan fingerprint density at radius 1 is 1.00 bits per heavy atom. The summed E-state index contributed by atoms with van der Waals surface area (Å²) in [6, 6.07) is 10.5. The van der Waals surface area contributed by atoms with Gasteiger partial charge in [0.25, 0.3) is 0 Å². The zero-order valence-corrected chi connectivity index (χ0v) is 21.0. The Labute approximate surface area is 222 Å². The van der Waals surface area contributed by atoms with Gasteiger partial charge in [-0.1, -0.05) is 18.2 Å². The molecule has 1 atom stereocenters. The summed E-state index contributed by atoms with van der Waals surface area (Å²) < 4.78 is 55.8. The Kier molecular flexibility index (Phi) is 7.35. The number of halogens is 4. The first-order valence-electron chi connectivity index (χ1n) is 12.7. The number of hydroxylamine groups is 1. The minimum absolute atomic E-state index is 0.0106. The van der Waals surface area contributed by atoms with E-state index >= 15 is 4.39 Å². The third kappa shape index (κ3) is 6.08. The molecule has 0 saturated heterocycles. The lowest BCUT2D eigenvalue weighted by atomic mass is 9.89. The zero-order chi connectivity index (χ0) is 27.7. The Balaban J connectivity index is 1.37. The Morgan fingerprint density at radius 2 is 1.67 bits per heavy atom. The van der Waals surface area contributed by atoms with E-state index in [1.807, 2.05) is 0 Å². The second-order valence-corrected chi connectivity index (χ2v) is 9.94. The average molecular weight is 543 g/mol. The van der Waals surface area contributed by atoms with Gasteiger partial charge >= 0.3 is 12.1 Å². The smallest absolute Gasteiger partial charge is 0.366 e. The van der Waals surface area contributed by atoms with Crippen LogP contribution in [-0.4, -0.2) is 27.9 Å². The van der Waals surface area contributed by atoms with Gasteiger partial charge in [-0.05, 0) is 80.7 Å². The maximum absolute atomic E-state index is 15.1. The molecule has 0 unspecified atom stereocenters. The number of rotatable bonds is 9. The van der Waals surface area contributed by atoms with E-state index in [0.717, 1.165) is 44.0 Å². The molecule has 2 aliphatic carbocycles.